The maximum atomic E-state index is 13.4. The van der Waals surface area contributed by atoms with Crippen molar-refractivity contribution < 1.29 is 61.5 Å². The average Bonchev–Trinajstić information content (AvgIpc) is 4.24. The van der Waals surface area contributed by atoms with E-state index in [-0.39, 0.29) is 51.3 Å². The Morgan fingerprint density at radius 1 is 0.600 bits per heavy atom. The molecular weight excluding hydrogens is 1060 g/mol. The van der Waals surface area contributed by atoms with Crippen LogP contribution in [0.25, 0.3) is 22.5 Å². The van der Waals surface area contributed by atoms with E-state index in [1.165, 1.54) is 35.2 Å². The van der Waals surface area contributed by atoms with E-state index in [0.717, 1.165) is 86.9 Å². The highest BCUT2D eigenvalue weighted by molar-refractivity contribution is 8.13. The van der Waals surface area contributed by atoms with Crippen molar-refractivity contribution >= 4 is 41.3 Å². The summed E-state index contributed by atoms with van der Waals surface area (Å²) < 4.78 is 151. The van der Waals surface area contributed by atoms with E-state index in [1.807, 2.05) is 0 Å². The first-order chi connectivity index (χ1) is 35.3. The zero-order valence-corrected chi connectivity index (χ0v) is 41.5. The van der Waals surface area contributed by atoms with Gasteiger partial charge in [-0.15, -0.1) is 0 Å². The number of aryl methyl sites for hydroxylation is 2. The van der Waals surface area contributed by atoms with Crippen molar-refractivity contribution in [2.24, 2.45) is 0 Å². The van der Waals surface area contributed by atoms with Crippen LogP contribution >= 0.6 is 10.7 Å². The first kappa shape index (κ1) is 54.9. The highest BCUT2D eigenvalue weighted by Gasteiger charge is 2.61. The van der Waals surface area contributed by atoms with Gasteiger partial charge in [-0.05, 0) is 125 Å². The number of carbonyl (C=O) groups excluding carboxylic acids is 2. The van der Waals surface area contributed by atoms with Crippen LogP contribution in [0.1, 0.15) is 87.2 Å². The number of nitrogens with one attached hydrogen (secondary N) is 1. The lowest BCUT2D eigenvalue weighted by atomic mass is 10.0. The zero-order chi connectivity index (χ0) is 54.0. The molecule has 4 aliphatic rings. The number of Topliss-reactive ketones (excluding diaryl/α,β-unsaturated/α-hetero) is 2. The van der Waals surface area contributed by atoms with Crippen LogP contribution in [0.2, 0.25) is 0 Å². The molecule has 396 valence electrons. The third-order valence-corrected chi connectivity index (χ3v) is 16.4. The molecular formula is C48H43ClF8N10O6S2. The minimum atomic E-state index is -4.66. The fourth-order valence-corrected chi connectivity index (χ4v) is 11.6. The number of benzene rings is 2. The van der Waals surface area contributed by atoms with Gasteiger partial charge in [0.1, 0.15) is 30.1 Å². The predicted octanol–water partition coefficient (Wildman–Crippen LogP) is 8.47. The number of sulfonamides is 1. The van der Waals surface area contributed by atoms with Gasteiger partial charge in [0.05, 0.1) is 33.3 Å². The SMILES string of the molecule is O=C(CCc1cc(-c2cnc(C(F)(F)F)nc2)ncn1)C1CCC2(CC2)N1S(=O)(=O)c1ccc(F)cc1.O=C(CCc1cc(-c2cnc(C(F)(F)F)nc2)ncn1)[C@@H]1CCC2(CC2)N1.O=S(=O)(Cl)c1ccc(F)cc1. The molecule has 27 heteroatoms. The maximum absolute atomic E-state index is 13.4. The highest BCUT2D eigenvalue weighted by Crippen LogP contribution is 2.54. The van der Waals surface area contributed by atoms with Crippen LogP contribution in [0.15, 0.2) is 108 Å². The van der Waals surface area contributed by atoms with Crippen molar-refractivity contribution in [3.63, 3.8) is 0 Å². The molecule has 4 fully saturated rings. The standard InChI is InChI=1S/C24H21F4N5O3S.C18H18F3N5O.C6H4ClFO2S/c25-16-1-4-18(5-2-16)37(35,36)33-20(7-8-23(33)9-10-23)21(34)6-3-17-11-19(32-14-31-17)15-12-29-22(30-13-15)24(26,27)28;19-18(20,21)16-22-8-11(9-23-16)14-7-12(24-10-25-14)1-2-15(27)13-3-4-17(26-13)5-6-17;7-11(9,10)6-3-1-5(8)2-4-6/h1-2,4-5,11-14,20H,3,6-10H2;7-10,13,26H,1-6H2;1-4H/t;13-;/m.0./s1. The highest BCUT2D eigenvalue weighted by atomic mass is 35.7. The molecule has 2 atom stereocenters. The number of carbonyl (C=O) groups is 2. The van der Waals surface area contributed by atoms with Gasteiger partial charge in [-0.1, -0.05) is 0 Å². The van der Waals surface area contributed by atoms with Crippen molar-refractivity contribution in [2.75, 3.05) is 0 Å². The molecule has 2 saturated carbocycles. The first-order valence-corrected chi connectivity index (χ1v) is 26.8. The fourth-order valence-electron chi connectivity index (χ4n) is 8.77. The smallest absolute Gasteiger partial charge is 0.302 e. The normalized spacial score (nSPS) is 18.7. The second kappa shape index (κ2) is 21.7. The lowest BCUT2D eigenvalue weighted by Gasteiger charge is -2.28. The minimum absolute atomic E-state index is 0.0101. The van der Waals surface area contributed by atoms with Crippen LogP contribution in [-0.2, 0) is 53.9 Å². The number of nitrogens with zero attached hydrogens (tertiary/aromatic N) is 9. The Labute approximate surface area is 428 Å². The van der Waals surface area contributed by atoms with Crippen molar-refractivity contribution in [3.8, 4) is 22.5 Å². The van der Waals surface area contributed by atoms with Gasteiger partial charge in [-0.2, -0.15) is 30.6 Å². The van der Waals surface area contributed by atoms with Gasteiger partial charge in [0.2, 0.25) is 21.7 Å². The Bertz CT molecular complexity index is 3260. The third-order valence-electron chi connectivity index (χ3n) is 13.0. The summed E-state index contributed by atoms with van der Waals surface area (Å²) in [5, 5.41) is 3.44. The topological polar surface area (TPSA) is 221 Å². The molecule has 0 bridgehead atoms. The summed E-state index contributed by atoms with van der Waals surface area (Å²) in [6, 6.07) is 11.1. The van der Waals surface area contributed by atoms with Crippen LogP contribution in [0.4, 0.5) is 35.1 Å². The number of alkyl halides is 6. The Morgan fingerprint density at radius 2 is 1.05 bits per heavy atom. The lowest BCUT2D eigenvalue weighted by Crippen LogP contribution is -2.46. The van der Waals surface area contributed by atoms with E-state index in [4.69, 9.17) is 10.7 Å². The summed E-state index contributed by atoms with van der Waals surface area (Å²) in [6.45, 7) is 0. The molecule has 2 aliphatic carbocycles. The van der Waals surface area contributed by atoms with E-state index < -0.39 is 66.3 Å². The number of ketones is 2. The molecule has 0 amide bonds. The van der Waals surface area contributed by atoms with E-state index in [1.54, 1.807) is 6.07 Å². The molecule has 1 unspecified atom stereocenters. The molecule has 4 aromatic heterocycles. The fraction of sp³-hybridized carbons (Fsp3) is 0.375. The third kappa shape index (κ3) is 13.6. The van der Waals surface area contributed by atoms with Gasteiger partial charge in [-0.3, -0.25) is 9.59 Å². The zero-order valence-electron chi connectivity index (χ0n) is 39.1. The van der Waals surface area contributed by atoms with Crippen LogP contribution < -0.4 is 5.32 Å². The van der Waals surface area contributed by atoms with E-state index in [0.29, 0.717) is 66.9 Å². The van der Waals surface area contributed by atoms with E-state index in [9.17, 15) is 61.5 Å². The van der Waals surface area contributed by atoms with Crippen molar-refractivity contribution in [2.45, 2.75) is 122 Å². The van der Waals surface area contributed by atoms with Gasteiger partial charge in [-0.25, -0.2) is 65.5 Å². The van der Waals surface area contributed by atoms with Crippen LogP contribution in [-0.4, -0.2) is 95.7 Å². The van der Waals surface area contributed by atoms with Gasteiger partial charge >= 0.3 is 12.4 Å². The summed E-state index contributed by atoms with van der Waals surface area (Å²) in [5.74, 6) is -3.58. The molecule has 75 heavy (non-hydrogen) atoms. The Kier molecular flexibility index (Phi) is 15.9. The second-order valence-electron chi connectivity index (χ2n) is 18.2. The summed E-state index contributed by atoms with van der Waals surface area (Å²) in [4.78, 5) is 55.2. The van der Waals surface area contributed by atoms with Crippen molar-refractivity contribution in [1.82, 2.24) is 49.5 Å². The van der Waals surface area contributed by atoms with Crippen LogP contribution in [0.5, 0.6) is 0 Å². The molecule has 16 nitrogen and oxygen atoms in total. The van der Waals surface area contributed by atoms with Gasteiger partial charge in [0.25, 0.3) is 9.05 Å². The number of halogens is 9. The van der Waals surface area contributed by atoms with Crippen molar-refractivity contribution in [1.29, 1.82) is 0 Å². The van der Waals surface area contributed by atoms with Crippen LogP contribution in [0, 0.1) is 11.6 Å². The number of rotatable bonds is 13. The van der Waals surface area contributed by atoms with E-state index in [2.05, 4.69) is 45.2 Å². The molecule has 6 aromatic rings. The summed E-state index contributed by atoms with van der Waals surface area (Å²) >= 11 is 0. The van der Waals surface area contributed by atoms with Gasteiger partial charge < -0.3 is 5.32 Å². The average molecular weight is 1110 g/mol. The van der Waals surface area contributed by atoms with E-state index >= 15 is 0 Å². The van der Waals surface area contributed by atoms with Gasteiger partial charge in [0, 0.05) is 81.9 Å². The molecule has 1 N–H and O–H groups in total. The maximum Gasteiger partial charge on any atom is 0.451 e. The Morgan fingerprint density at radius 3 is 1.47 bits per heavy atom. The first-order valence-electron chi connectivity index (χ1n) is 23.1. The molecule has 2 saturated heterocycles. The molecule has 2 spiro atoms. The summed E-state index contributed by atoms with van der Waals surface area (Å²) in [6.07, 6.45) is 5.12. The second-order valence-corrected chi connectivity index (χ2v) is 22.6. The molecule has 2 aromatic carbocycles. The molecule has 2 aliphatic heterocycles. The Balaban J connectivity index is 0.000000171. The van der Waals surface area contributed by atoms with Crippen molar-refractivity contribution in [3.05, 3.63) is 133 Å². The number of hydrogen-bond donors (Lipinski definition) is 1. The molecule has 0 radical (unpaired) electrons. The van der Waals surface area contributed by atoms with Crippen LogP contribution in [0.3, 0.4) is 0 Å². The predicted molar refractivity (Wildman–Crippen MR) is 251 cm³/mol. The quantitative estimate of drug-likeness (QED) is 0.0847. The lowest BCUT2D eigenvalue weighted by molar-refractivity contribution is -0.145. The van der Waals surface area contributed by atoms with Gasteiger partial charge in [0.15, 0.2) is 5.78 Å². The number of aromatic nitrogens is 8. The largest absolute Gasteiger partial charge is 0.451 e. The summed E-state index contributed by atoms with van der Waals surface area (Å²) in [7, 11) is -2.76. The summed E-state index contributed by atoms with van der Waals surface area (Å²) in [5.41, 5.74) is 2.12. The number of hydrogen-bond acceptors (Lipinski definition) is 15. The monoisotopic (exact) mass is 1110 g/mol. The minimum Gasteiger partial charge on any atom is -0.302 e. The molecule has 10 rings (SSSR count). The Hall–Kier alpha value is -6.35. The molecule has 6 heterocycles.